The van der Waals surface area contributed by atoms with E-state index in [2.05, 4.69) is 22.2 Å². The highest BCUT2D eigenvalue weighted by atomic mass is 32.2. The van der Waals surface area contributed by atoms with Crippen LogP contribution in [0.25, 0.3) is 10.4 Å². The van der Waals surface area contributed by atoms with Crippen LogP contribution in [0.5, 0.6) is 0 Å². The van der Waals surface area contributed by atoms with Crippen LogP contribution in [-0.2, 0) is 4.79 Å². The molecule has 2 aliphatic heterocycles. The molecule has 0 aliphatic carbocycles. The van der Waals surface area contributed by atoms with Crippen LogP contribution in [0.3, 0.4) is 0 Å². The van der Waals surface area contributed by atoms with Crippen LogP contribution in [0.2, 0.25) is 0 Å². The largest absolute Gasteiger partial charge is 0.408 e. The summed E-state index contributed by atoms with van der Waals surface area (Å²) in [6.07, 6.45) is -1.12. The van der Waals surface area contributed by atoms with Gasteiger partial charge in [-0.2, -0.15) is 24.9 Å². The molecule has 0 aromatic carbocycles. The van der Waals surface area contributed by atoms with E-state index in [9.17, 15) is 31.5 Å². The smallest absolute Gasteiger partial charge is 0.359 e. The van der Waals surface area contributed by atoms with Gasteiger partial charge in [0.05, 0.1) is 10.6 Å². The summed E-state index contributed by atoms with van der Waals surface area (Å²) in [7, 11) is 0. The number of thioether (sulfide) groups is 1. The Kier molecular flexibility index (Phi) is 9.96. The minimum absolute atomic E-state index is 0.0508. The first-order chi connectivity index (χ1) is 17.8. The van der Waals surface area contributed by atoms with Gasteiger partial charge in [-0.25, -0.2) is 18.7 Å². The van der Waals surface area contributed by atoms with Crippen LogP contribution >= 0.6 is 23.1 Å². The quantitative estimate of drug-likeness (QED) is 0.339. The number of pyridine rings is 1. The van der Waals surface area contributed by atoms with E-state index in [1.807, 2.05) is 11.2 Å². The van der Waals surface area contributed by atoms with Crippen molar-refractivity contribution in [3.05, 3.63) is 28.5 Å². The van der Waals surface area contributed by atoms with Crippen LogP contribution in [0.4, 0.5) is 27.8 Å². The van der Waals surface area contributed by atoms with E-state index in [1.165, 1.54) is 12.8 Å². The molecule has 0 saturated carbocycles. The van der Waals surface area contributed by atoms with E-state index in [0.29, 0.717) is 35.0 Å². The molecule has 210 valence electrons. The summed E-state index contributed by atoms with van der Waals surface area (Å²) >= 11 is 2.65. The lowest BCUT2D eigenvalue weighted by atomic mass is 10.1. The highest BCUT2D eigenvalue weighted by Crippen LogP contribution is 2.38. The zero-order valence-electron chi connectivity index (χ0n) is 21.4. The van der Waals surface area contributed by atoms with Crippen molar-refractivity contribution in [2.45, 2.75) is 63.5 Å². The molecular formula is C24H30F5N5O2S2. The Balaban J connectivity index is 0.000000427. The first kappa shape index (κ1) is 30.1. The standard InChI is InChI=1S/C18H19F5N4OS2.C6H11NO/c1-8-14(30-16(25-8)17(28)27-6-10(7-27)29-3)12-5-24-13(4-11(12)15(19)20)26-9(2)18(21,22)23;1-6-3-2-4-7(6)5-8/h4-5,9-10,15H,6-7H2,1-3H3,(H,24,26);5-6H,2-4H2,1H3. The molecule has 7 nitrogen and oxygen atoms in total. The number of nitrogens with one attached hydrogen (secondary N) is 1. The summed E-state index contributed by atoms with van der Waals surface area (Å²) in [6.45, 7) is 6.73. The fourth-order valence-electron chi connectivity index (χ4n) is 3.96. The molecule has 2 saturated heterocycles. The van der Waals surface area contributed by atoms with Crippen molar-refractivity contribution in [3.8, 4) is 10.4 Å². The van der Waals surface area contributed by atoms with Gasteiger partial charge in [-0.3, -0.25) is 9.59 Å². The van der Waals surface area contributed by atoms with E-state index in [-0.39, 0.29) is 22.3 Å². The van der Waals surface area contributed by atoms with Gasteiger partial charge >= 0.3 is 6.18 Å². The van der Waals surface area contributed by atoms with Crippen LogP contribution in [0.1, 0.15) is 54.2 Å². The number of hydrogen-bond acceptors (Lipinski definition) is 7. The second kappa shape index (κ2) is 12.6. The lowest BCUT2D eigenvalue weighted by molar-refractivity contribution is -0.138. The number of carbonyl (C=O) groups excluding carboxylic acids is 2. The topological polar surface area (TPSA) is 78.4 Å². The third-order valence-corrected chi connectivity index (χ3v) is 8.60. The molecule has 38 heavy (non-hydrogen) atoms. The molecule has 2 aromatic heterocycles. The Morgan fingerprint density at radius 1 is 1.32 bits per heavy atom. The number of anilines is 1. The first-order valence-corrected chi connectivity index (χ1v) is 14.1. The number of thiazole rings is 1. The Morgan fingerprint density at radius 3 is 2.50 bits per heavy atom. The Morgan fingerprint density at radius 2 is 2.00 bits per heavy atom. The van der Waals surface area contributed by atoms with Crippen LogP contribution in [0.15, 0.2) is 12.3 Å². The zero-order chi connectivity index (χ0) is 28.2. The monoisotopic (exact) mass is 579 g/mol. The molecule has 1 N–H and O–H groups in total. The average molecular weight is 580 g/mol. The molecule has 14 heteroatoms. The predicted molar refractivity (Wildman–Crippen MR) is 139 cm³/mol. The van der Waals surface area contributed by atoms with Gasteiger partial charge in [-0.1, -0.05) is 0 Å². The van der Waals surface area contributed by atoms with E-state index < -0.39 is 24.2 Å². The SMILES string of the molecule is CC1CCCN1C=O.CSC1CN(C(=O)c2nc(C)c(-c3cnc(NC(C)C(F)(F)F)cc3C(F)F)s2)C1. The molecule has 0 radical (unpaired) electrons. The van der Waals surface area contributed by atoms with Gasteiger partial charge in [0.1, 0.15) is 11.9 Å². The van der Waals surface area contributed by atoms with Crippen molar-refractivity contribution < 1.29 is 31.5 Å². The molecule has 0 bridgehead atoms. The van der Waals surface area contributed by atoms with Crippen molar-refractivity contribution in [1.29, 1.82) is 0 Å². The minimum Gasteiger partial charge on any atom is -0.359 e. The molecule has 4 heterocycles. The van der Waals surface area contributed by atoms with Crippen molar-refractivity contribution >= 4 is 41.2 Å². The van der Waals surface area contributed by atoms with Gasteiger partial charge in [0, 0.05) is 48.2 Å². The van der Waals surface area contributed by atoms with Crippen LogP contribution in [-0.4, -0.2) is 81.5 Å². The van der Waals surface area contributed by atoms with E-state index in [4.69, 9.17) is 0 Å². The summed E-state index contributed by atoms with van der Waals surface area (Å²) in [5.41, 5.74) is -0.0350. The molecule has 2 aliphatic rings. The Bertz CT molecular complexity index is 1120. The van der Waals surface area contributed by atoms with Gasteiger partial charge in [0.15, 0.2) is 5.01 Å². The van der Waals surface area contributed by atoms with Crippen LogP contribution in [0, 0.1) is 6.92 Å². The van der Waals surface area contributed by atoms with Crippen molar-refractivity contribution in [2.75, 3.05) is 31.2 Å². The number of hydrogen-bond donors (Lipinski definition) is 1. The highest BCUT2D eigenvalue weighted by molar-refractivity contribution is 7.99. The number of aryl methyl sites for hydroxylation is 1. The van der Waals surface area contributed by atoms with Gasteiger partial charge in [-0.15, -0.1) is 11.3 Å². The molecule has 2 fully saturated rings. The minimum atomic E-state index is -4.54. The fraction of sp³-hybridized carbons (Fsp3) is 0.583. The Labute approximate surface area is 226 Å². The maximum atomic E-state index is 13.7. The van der Waals surface area contributed by atoms with Crippen LogP contribution < -0.4 is 5.32 Å². The second-order valence-electron chi connectivity index (χ2n) is 9.20. The number of alkyl halides is 5. The lowest BCUT2D eigenvalue weighted by Gasteiger charge is -2.37. The normalized spacial score (nSPS) is 18.6. The van der Waals surface area contributed by atoms with E-state index >= 15 is 0 Å². The molecule has 2 atom stereocenters. The number of carbonyl (C=O) groups is 2. The van der Waals surface area contributed by atoms with Crippen molar-refractivity contribution in [2.24, 2.45) is 0 Å². The number of nitrogens with zero attached hydrogens (tertiary/aromatic N) is 4. The van der Waals surface area contributed by atoms with Gasteiger partial charge in [0.25, 0.3) is 12.3 Å². The molecule has 4 rings (SSSR count). The molecular weight excluding hydrogens is 549 g/mol. The summed E-state index contributed by atoms with van der Waals surface area (Å²) < 4.78 is 65.5. The van der Waals surface area contributed by atoms with E-state index in [1.54, 1.807) is 23.6 Å². The second-order valence-corrected chi connectivity index (χ2v) is 11.3. The van der Waals surface area contributed by atoms with E-state index in [0.717, 1.165) is 43.5 Å². The molecule has 2 aromatic rings. The summed E-state index contributed by atoms with van der Waals surface area (Å²) in [5.74, 6) is -0.565. The van der Waals surface area contributed by atoms with Crippen molar-refractivity contribution in [3.63, 3.8) is 0 Å². The maximum Gasteiger partial charge on any atom is 0.408 e. The third-order valence-electron chi connectivity index (χ3n) is 6.46. The molecule has 2 unspecified atom stereocenters. The van der Waals surface area contributed by atoms with Gasteiger partial charge in [0.2, 0.25) is 6.41 Å². The number of aromatic nitrogens is 2. The fourth-order valence-corrected chi connectivity index (χ4v) is 5.69. The third kappa shape index (κ3) is 7.13. The molecule has 0 spiro atoms. The lowest BCUT2D eigenvalue weighted by Crippen LogP contribution is -2.51. The molecule has 2 amide bonds. The summed E-state index contributed by atoms with van der Waals surface area (Å²) in [5, 5.41) is 2.66. The van der Waals surface area contributed by atoms with Gasteiger partial charge < -0.3 is 15.1 Å². The number of rotatable bonds is 7. The number of amides is 2. The summed E-state index contributed by atoms with van der Waals surface area (Å²) in [6, 6.07) is -0.550. The Hall–Kier alpha value is -2.48. The first-order valence-electron chi connectivity index (χ1n) is 12.0. The zero-order valence-corrected chi connectivity index (χ0v) is 23.0. The number of likely N-dealkylation sites (tertiary alicyclic amines) is 2. The highest BCUT2D eigenvalue weighted by Gasteiger charge is 2.36. The predicted octanol–water partition coefficient (Wildman–Crippen LogP) is 5.63. The maximum absolute atomic E-state index is 13.7. The average Bonchev–Trinajstić information content (AvgIpc) is 3.43. The summed E-state index contributed by atoms with van der Waals surface area (Å²) in [4.78, 5) is 34.6. The van der Waals surface area contributed by atoms with Gasteiger partial charge in [-0.05, 0) is 45.9 Å². The van der Waals surface area contributed by atoms with Crippen molar-refractivity contribution in [1.82, 2.24) is 19.8 Å². The number of halogens is 5.